The van der Waals surface area contributed by atoms with Crippen LogP contribution in [-0.2, 0) is 19.4 Å². The van der Waals surface area contributed by atoms with Crippen molar-refractivity contribution in [3.8, 4) is 0 Å². The second-order valence-electron chi connectivity index (χ2n) is 4.76. The highest BCUT2D eigenvalue weighted by molar-refractivity contribution is 9.11. The summed E-state index contributed by atoms with van der Waals surface area (Å²) in [6.45, 7) is 3.05. The third-order valence-electron chi connectivity index (χ3n) is 3.43. The number of hydrogen-bond acceptors (Lipinski definition) is 3. The number of halogens is 1. The molecule has 2 nitrogen and oxygen atoms in total. The lowest BCUT2D eigenvalue weighted by molar-refractivity contribution is 0.691. The highest BCUT2D eigenvalue weighted by Crippen LogP contribution is 2.26. The van der Waals surface area contributed by atoms with E-state index in [0.717, 1.165) is 32.5 Å². The molecule has 1 aromatic heterocycles. The monoisotopic (exact) mass is 336 g/mol. The molecule has 19 heavy (non-hydrogen) atoms. The Morgan fingerprint density at radius 1 is 1.26 bits per heavy atom. The molecule has 0 aliphatic carbocycles. The third kappa shape index (κ3) is 3.19. The summed E-state index contributed by atoms with van der Waals surface area (Å²) >= 11 is 5.32. The molecule has 1 aliphatic heterocycles. The molecule has 3 rings (SSSR count). The highest BCUT2D eigenvalue weighted by atomic mass is 79.9. The van der Waals surface area contributed by atoms with Crippen molar-refractivity contribution in [1.29, 1.82) is 0 Å². The molecule has 0 amide bonds. The van der Waals surface area contributed by atoms with E-state index in [1.165, 1.54) is 25.5 Å². The minimum atomic E-state index is 0.947. The number of thiophene rings is 1. The van der Waals surface area contributed by atoms with E-state index >= 15 is 0 Å². The largest absolute Gasteiger partial charge is 0.384 e. The minimum Gasteiger partial charge on any atom is -0.384 e. The standard InChI is InChI=1S/C15H17BrN2S/c16-14-5-4-13(19-14)7-8-17-10-12-3-1-2-11-6-9-18-15(11)12/h1-5,17-18H,6-10H2. The topological polar surface area (TPSA) is 24.1 Å². The molecule has 0 bridgehead atoms. The van der Waals surface area contributed by atoms with Crippen molar-refractivity contribution in [2.45, 2.75) is 19.4 Å². The molecular weight excluding hydrogens is 320 g/mol. The molecule has 0 fully saturated rings. The second-order valence-corrected chi connectivity index (χ2v) is 7.31. The number of rotatable bonds is 5. The molecule has 0 saturated heterocycles. The Hall–Kier alpha value is -0.840. The Morgan fingerprint density at radius 2 is 2.21 bits per heavy atom. The maximum Gasteiger partial charge on any atom is 0.0701 e. The van der Waals surface area contributed by atoms with Crippen LogP contribution in [0.3, 0.4) is 0 Å². The zero-order valence-corrected chi connectivity index (χ0v) is 13.1. The zero-order chi connectivity index (χ0) is 13.1. The van der Waals surface area contributed by atoms with Gasteiger partial charge in [0.05, 0.1) is 3.79 Å². The van der Waals surface area contributed by atoms with Crippen LogP contribution in [0, 0.1) is 0 Å². The number of nitrogens with one attached hydrogen (secondary N) is 2. The van der Waals surface area contributed by atoms with Gasteiger partial charge in [0.25, 0.3) is 0 Å². The van der Waals surface area contributed by atoms with E-state index in [4.69, 9.17) is 0 Å². The summed E-state index contributed by atoms with van der Waals surface area (Å²) in [5, 5.41) is 7.03. The zero-order valence-electron chi connectivity index (χ0n) is 10.7. The first-order valence-corrected chi connectivity index (χ1v) is 8.23. The van der Waals surface area contributed by atoms with E-state index in [-0.39, 0.29) is 0 Å². The van der Waals surface area contributed by atoms with Gasteiger partial charge >= 0.3 is 0 Å². The first-order chi connectivity index (χ1) is 9.33. The summed E-state index contributed by atoms with van der Waals surface area (Å²) in [5.74, 6) is 0. The lowest BCUT2D eigenvalue weighted by atomic mass is 10.1. The van der Waals surface area contributed by atoms with Gasteiger partial charge in [-0.1, -0.05) is 18.2 Å². The lowest BCUT2D eigenvalue weighted by Crippen LogP contribution is -2.17. The minimum absolute atomic E-state index is 0.947. The van der Waals surface area contributed by atoms with Crippen LogP contribution in [0.25, 0.3) is 0 Å². The summed E-state index contributed by atoms with van der Waals surface area (Å²) in [6, 6.07) is 10.9. The summed E-state index contributed by atoms with van der Waals surface area (Å²) in [6.07, 6.45) is 2.26. The van der Waals surface area contributed by atoms with Gasteiger partial charge in [-0.3, -0.25) is 0 Å². The van der Waals surface area contributed by atoms with Gasteiger partial charge < -0.3 is 10.6 Å². The molecule has 0 spiro atoms. The number of benzene rings is 1. The van der Waals surface area contributed by atoms with Gasteiger partial charge in [-0.2, -0.15) is 0 Å². The molecule has 0 atom stereocenters. The normalized spacial score (nSPS) is 13.3. The molecular formula is C15H17BrN2S. The Kier molecular flexibility index (Phi) is 4.21. The Morgan fingerprint density at radius 3 is 3.05 bits per heavy atom. The first-order valence-electron chi connectivity index (χ1n) is 6.62. The quantitative estimate of drug-likeness (QED) is 0.811. The first kappa shape index (κ1) is 13.2. The summed E-state index contributed by atoms with van der Waals surface area (Å²) in [5.41, 5.74) is 4.21. The van der Waals surface area contributed by atoms with E-state index in [9.17, 15) is 0 Å². The molecule has 1 aromatic carbocycles. The number of anilines is 1. The summed E-state index contributed by atoms with van der Waals surface area (Å²) in [7, 11) is 0. The van der Waals surface area contributed by atoms with E-state index in [1.807, 2.05) is 11.3 Å². The van der Waals surface area contributed by atoms with E-state index < -0.39 is 0 Å². The predicted octanol–water partition coefficient (Wildman–Crippen LogP) is 3.81. The molecule has 0 radical (unpaired) electrons. The lowest BCUT2D eigenvalue weighted by Gasteiger charge is -2.09. The van der Waals surface area contributed by atoms with Crippen LogP contribution in [0.2, 0.25) is 0 Å². The van der Waals surface area contributed by atoms with Crippen molar-refractivity contribution in [3.63, 3.8) is 0 Å². The maximum absolute atomic E-state index is 3.54. The third-order valence-corrected chi connectivity index (χ3v) is 5.11. The Balaban J connectivity index is 1.52. The average molecular weight is 337 g/mol. The van der Waals surface area contributed by atoms with Crippen LogP contribution in [0.4, 0.5) is 5.69 Å². The highest BCUT2D eigenvalue weighted by Gasteiger charge is 2.12. The number of para-hydroxylation sites is 1. The smallest absolute Gasteiger partial charge is 0.0701 e. The fourth-order valence-corrected chi connectivity index (χ4v) is 3.96. The number of fused-ring (bicyclic) bond motifs is 1. The van der Waals surface area contributed by atoms with Crippen molar-refractivity contribution in [1.82, 2.24) is 5.32 Å². The molecule has 4 heteroatoms. The Bertz CT molecular complexity index is 565. The number of hydrogen-bond donors (Lipinski definition) is 2. The maximum atomic E-state index is 3.54. The Labute approximate surface area is 126 Å². The van der Waals surface area contributed by atoms with Gasteiger partial charge in [0.1, 0.15) is 0 Å². The van der Waals surface area contributed by atoms with E-state index in [1.54, 1.807) is 0 Å². The molecule has 0 unspecified atom stereocenters. The van der Waals surface area contributed by atoms with Crippen LogP contribution in [0.15, 0.2) is 34.1 Å². The van der Waals surface area contributed by atoms with Gasteiger partial charge in [-0.05, 0) is 52.0 Å². The van der Waals surface area contributed by atoms with E-state index in [2.05, 4.69) is 56.9 Å². The van der Waals surface area contributed by atoms with Gasteiger partial charge in [-0.15, -0.1) is 11.3 Å². The van der Waals surface area contributed by atoms with Crippen molar-refractivity contribution in [2.24, 2.45) is 0 Å². The summed E-state index contributed by atoms with van der Waals surface area (Å²) < 4.78 is 1.22. The molecule has 2 N–H and O–H groups in total. The molecule has 100 valence electrons. The van der Waals surface area contributed by atoms with E-state index in [0.29, 0.717) is 0 Å². The van der Waals surface area contributed by atoms with Crippen LogP contribution in [0.1, 0.15) is 16.0 Å². The second kappa shape index (κ2) is 6.07. The van der Waals surface area contributed by atoms with Crippen molar-refractivity contribution in [2.75, 3.05) is 18.4 Å². The SMILES string of the molecule is Brc1ccc(CCNCc2cccc3c2NCC3)s1. The fraction of sp³-hybridized carbons (Fsp3) is 0.333. The van der Waals surface area contributed by atoms with Crippen molar-refractivity contribution < 1.29 is 0 Å². The van der Waals surface area contributed by atoms with Crippen LogP contribution < -0.4 is 10.6 Å². The van der Waals surface area contributed by atoms with Crippen molar-refractivity contribution in [3.05, 3.63) is 50.1 Å². The molecule has 2 heterocycles. The fourth-order valence-electron chi connectivity index (χ4n) is 2.48. The van der Waals surface area contributed by atoms with Crippen LogP contribution in [0.5, 0.6) is 0 Å². The van der Waals surface area contributed by atoms with Gasteiger partial charge in [0.2, 0.25) is 0 Å². The summed E-state index contributed by atoms with van der Waals surface area (Å²) in [4.78, 5) is 1.43. The van der Waals surface area contributed by atoms with Crippen LogP contribution >= 0.6 is 27.3 Å². The van der Waals surface area contributed by atoms with Gasteiger partial charge in [-0.25, -0.2) is 0 Å². The van der Waals surface area contributed by atoms with Gasteiger partial charge in [0.15, 0.2) is 0 Å². The van der Waals surface area contributed by atoms with Gasteiger partial charge in [0, 0.05) is 30.2 Å². The predicted molar refractivity (Wildman–Crippen MR) is 86.1 cm³/mol. The molecule has 0 saturated carbocycles. The average Bonchev–Trinajstić information content (AvgIpc) is 3.03. The molecule has 2 aromatic rings. The van der Waals surface area contributed by atoms with Crippen molar-refractivity contribution >= 4 is 33.0 Å². The molecule has 1 aliphatic rings. The van der Waals surface area contributed by atoms with Crippen LogP contribution in [-0.4, -0.2) is 13.1 Å².